The van der Waals surface area contributed by atoms with Crippen molar-refractivity contribution in [2.45, 2.75) is 70.4 Å². The van der Waals surface area contributed by atoms with E-state index in [2.05, 4.69) is 67.1 Å². The highest BCUT2D eigenvalue weighted by Gasteiger charge is 2.32. The number of nitrogens with one attached hydrogen (secondary N) is 7. The number of hydrogen-bond acceptors (Lipinski definition) is 11. The van der Waals surface area contributed by atoms with Crippen LogP contribution in [0.3, 0.4) is 0 Å². The monoisotopic (exact) mass is 659 g/mol. The first kappa shape index (κ1) is 38.2. The minimum absolute atomic E-state index is 0.0539. The second kappa shape index (κ2) is 18.7. The second-order valence-corrected chi connectivity index (χ2v) is 10.9. The molecule has 0 unspecified atom stereocenters. The van der Waals surface area contributed by atoms with E-state index in [1.165, 1.54) is 26.4 Å². The first-order valence-corrected chi connectivity index (χ1v) is 14.8. The van der Waals surface area contributed by atoms with Crippen molar-refractivity contribution in [1.82, 2.24) is 41.9 Å². The van der Waals surface area contributed by atoms with Gasteiger partial charge in [-0.3, -0.25) is 33.6 Å². The molecule has 1 aromatic rings. The molecule has 246 valence electrons. The zero-order chi connectivity index (χ0) is 33.6. The van der Waals surface area contributed by atoms with Gasteiger partial charge in [0.25, 0.3) is 0 Å². The van der Waals surface area contributed by atoms with E-state index in [1.54, 1.807) is 13.8 Å². The lowest BCUT2D eigenvalue weighted by atomic mass is 10.0. The van der Waals surface area contributed by atoms with Crippen molar-refractivity contribution in [3.05, 3.63) is 18.2 Å². The molecule has 7 amide bonds. The minimum atomic E-state index is -1.50. The number of aliphatic hydroxyl groups is 1. The molecular formula is C25H41N9O8S2. The first-order valence-electron chi connectivity index (χ1n) is 13.5. The van der Waals surface area contributed by atoms with Crippen LogP contribution in [0.25, 0.3) is 0 Å². The number of hydrogen-bond donors (Lipinski definition) is 11. The average Bonchev–Trinajstić information content (AvgIpc) is 3.47. The summed E-state index contributed by atoms with van der Waals surface area (Å²) in [6.07, 6.45) is 2.65. The summed E-state index contributed by atoms with van der Waals surface area (Å²) >= 11 is 7.99. The lowest BCUT2D eigenvalue weighted by Gasteiger charge is -2.27. The third-order valence-corrected chi connectivity index (χ3v) is 6.88. The number of carbonyl (C=O) groups excluding carboxylic acids is 7. The molecule has 1 heterocycles. The number of thiol groups is 2. The van der Waals surface area contributed by atoms with Crippen LogP contribution in [-0.4, -0.2) is 111 Å². The molecule has 0 aliphatic heterocycles. The van der Waals surface area contributed by atoms with Gasteiger partial charge < -0.3 is 47.7 Å². The summed E-state index contributed by atoms with van der Waals surface area (Å²) < 4.78 is 0. The smallest absolute Gasteiger partial charge is 0.245 e. The van der Waals surface area contributed by atoms with Crippen molar-refractivity contribution in [3.63, 3.8) is 0 Å². The molecule has 1 aromatic heterocycles. The van der Waals surface area contributed by atoms with Crippen molar-refractivity contribution in [2.24, 2.45) is 11.7 Å². The van der Waals surface area contributed by atoms with Gasteiger partial charge in [0.15, 0.2) is 0 Å². The molecule has 10 N–H and O–H groups in total. The number of imidazole rings is 1. The van der Waals surface area contributed by atoms with E-state index in [9.17, 15) is 38.7 Å². The van der Waals surface area contributed by atoms with Crippen molar-refractivity contribution in [1.29, 1.82) is 0 Å². The molecule has 0 spiro atoms. The van der Waals surface area contributed by atoms with Gasteiger partial charge in [0.05, 0.1) is 12.9 Å². The fourth-order valence-electron chi connectivity index (χ4n) is 3.66. The van der Waals surface area contributed by atoms with E-state index < -0.39 is 90.1 Å². The Hall–Kier alpha value is -3.84. The molecular weight excluding hydrogens is 618 g/mol. The topological polar surface area (TPSA) is 267 Å². The maximum Gasteiger partial charge on any atom is 0.245 e. The highest BCUT2D eigenvalue weighted by atomic mass is 32.1. The summed E-state index contributed by atoms with van der Waals surface area (Å²) in [5, 5.41) is 24.3. The van der Waals surface area contributed by atoms with Gasteiger partial charge in [-0.15, -0.1) is 0 Å². The Kier molecular flexibility index (Phi) is 16.3. The van der Waals surface area contributed by atoms with Crippen LogP contribution in [0.15, 0.2) is 12.5 Å². The molecule has 0 aromatic carbocycles. The molecule has 0 radical (unpaired) electrons. The van der Waals surface area contributed by atoms with Crippen LogP contribution in [0.5, 0.6) is 0 Å². The van der Waals surface area contributed by atoms with Crippen LogP contribution >= 0.6 is 25.3 Å². The normalized spacial score (nSPS) is 15.0. The summed E-state index contributed by atoms with van der Waals surface area (Å²) in [4.78, 5) is 94.0. The zero-order valence-corrected chi connectivity index (χ0v) is 26.5. The Morgan fingerprint density at radius 1 is 0.795 bits per heavy atom. The van der Waals surface area contributed by atoms with Gasteiger partial charge in [0.1, 0.15) is 36.3 Å². The van der Waals surface area contributed by atoms with Crippen LogP contribution in [-0.2, 0) is 40.0 Å². The highest BCUT2D eigenvalue weighted by molar-refractivity contribution is 7.80. The second-order valence-electron chi connectivity index (χ2n) is 10.1. The Bertz CT molecular complexity index is 1170. The Morgan fingerprint density at radius 3 is 1.82 bits per heavy atom. The lowest BCUT2D eigenvalue weighted by molar-refractivity contribution is -0.135. The molecule has 44 heavy (non-hydrogen) atoms. The molecule has 0 aliphatic rings. The fraction of sp³-hybridized carbons (Fsp3) is 0.600. The molecule has 0 fully saturated rings. The van der Waals surface area contributed by atoms with Gasteiger partial charge in [0.2, 0.25) is 41.4 Å². The van der Waals surface area contributed by atoms with Gasteiger partial charge in [-0.1, -0.05) is 13.8 Å². The number of amides is 7. The number of nitrogens with zero attached hydrogens (tertiary/aromatic N) is 1. The third kappa shape index (κ3) is 12.4. The van der Waals surface area contributed by atoms with Crippen LogP contribution in [0.1, 0.15) is 33.4 Å². The van der Waals surface area contributed by atoms with Gasteiger partial charge >= 0.3 is 0 Å². The van der Waals surface area contributed by atoms with Gasteiger partial charge in [-0.2, -0.15) is 25.3 Å². The molecule has 0 saturated heterocycles. The number of aliphatic hydroxyl groups excluding tert-OH is 1. The SMILES string of the molecule is CC(=O)N[C@@H](CS)C(=O)N[C@@H](CO)C(=O)N[C@@H](Cc1cnc[nH]1)C(=O)N[C@@H](C)C(=O)N[C@H](C(=O)N[C@@H](CS)C(N)=O)C(C)C. The maximum atomic E-state index is 13.3. The highest BCUT2D eigenvalue weighted by Crippen LogP contribution is 2.05. The van der Waals surface area contributed by atoms with Crippen molar-refractivity contribution >= 4 is 66.6 Å². The largest absolute Gasteiger partial charge is 0.394 e. The summed E-state index contributed by atoms with van der Waals surface area (Å²) in [5.41, 5.74) is 5.69. The standard InChI is InChI=1S/C25H41N9O8S2/c1-11(2)19(25(42)33-17(8-43)20(26)37)34-21(38)12(3)29-22(39)15(5-14-6-27-10-28-14)31-23(40)16(7-35)32-24(41)18(9-44)30-13(4)36/h6,10-12,15-19,35,43-44H,5,7-9H2,1-4H3,(H2,26,37)(H,27,28)(H,29,39)(H,30,36)(H,31,40)(H,32,41)(H,33,42)(H,34,38)/t12-,15-,16-,17-,18-,19-/m0/s1. The van der Waals surface area contributed by atoms with Crippen LogP contribution in [0.2, 0.25) is 0 Å². The predicted molar refractivity (Wildman–Crippen MR) is 164 cm³/mol. The fourth-order valence-corrected chi connectivity index (χ4v) is 4.19. The van der Waals surface area contributed by atoms with Crippen LogP contribution in [0, 0.1) is 5.92 Å². The maximum absolute atomic E-state index is 13.3. The molecule has 0 saturated carbocycles. The van der Waals surface area contributed by atoms with Crippen molar-refractivity contribution in [2.75, 3.05) is 18.1 Å². The number of primary amides is 1. The van der Waals surface area contributed by atoms with Crippen LogP contribution < -0.4 is 37.6 Å². The molecule has 0 bridgehead atoms. The number of carbonyl (C=O) groups is 7. The van der Waals surface area contributed by atoms with E-state index in [1.807, 2.05) is 0 Å². The quantitative estimate of drug-likeness (QED) is 0.0683. The Balaban J connectivity index is 3.02. The van der Waals surface area contributed by atoms with Crippen molar-refractivity contribution in [3.8, 4) is 0 Å². The number of rotatable bonds is 18. The summed E-state index contributed by atoms with van der Waals surface area (Å²) in [5.74, 6) is -5.80. The van der Waals surface area contributed by atoms with Crippen molar-refractivity contribution < 1.29 is 38.7 Å². The molecule has 1 rings (SSSR count). The summed E-state index contributed by atoms with van der Waals surface area (Å²) in [7, 11) is 0. The molecule has 17 nitrogen and oxygen atoms in total. The molecule has 19 heteroatoms. The van der Waals surface area contributed by atoms with Gasteiger partial charge in [-0.25, -0.2) is 4.98 Å². The van der Waals surface area contributed by atoms with E-state index >= 15 is 0 Å². The number of aromatic amines is 1. The summed E-state index contributed by atoms with van der Waals surface area (Å²) in [6, 6.07) is -7.24. The van der Waals surface area contributed by atoms with E-state index in [0.717, 1.165) is 0 Å². The van der Waals surface area contributed by atoms with E-state index in [4.69, 9.17) is 5.73 Å². The Labute approximate surface area is 265 Å². The Morgan fingerprint density at radius 2 is 1.34 bits per heavy atom. The third-order valence-electron chi connectivity index (χ3n) is 6.15. The lowest BCUT2D eigenvalue weighted by Crippen LogP contribution is -2.60. The summed E-state index contributed by atoms with van der Waals surface area (Å²) in [6.45, 7) is 5.04. The van der Waals surface area contributed by atoms with Crippen LogP contribution in [0.4, 0.5) is 0 Å². The predicted octanol–water partition coefficient (Wildman–Crippen LogP) is -4.11. The van der Waals surface area contributed by atoms with E-state index in [-0.39, 0.29) is 17.9 Å². The molecule has 0 aliphatic carbocycles. The molecule has 6 atom stereocenters. The number of H-pyrrole nitrogens is 1. The van der Waals surface area contributed by atoms with Gasteiger partial charge in [-0.05, 0) is 12.8 Å². The minimum Gasteiger partial charge on any atom is -0.394 e. The van der Waals surface area contributed by atoms with Gasteiger partial charge in [0, 0.05) is 36.7 Å². The van der Waals surface area contributed by atoms with E-state index in [0.29, 0.717) is 5.69 Å². The first-order chi connectivity index (χ1) is 20.6. The number of nitrogens with two attached hydrogens (primary N) is 1. The average molecular weight is 660 g/mol. The zero-order valence-electron chi connectivity index (χ0n) is 24.7. The number of aromatic nitrogens is 2.